The van der Waals surface area contributed by atoms with E-state index in [1.807, 2.05) is 50.2 Å². The summed E-state index contributed by atoms with van der Waals surface area (Å²) >= 11 is 0. The Hall–Kier alpha value is -1.78. The van der Waals surface area contributed by atoms with E-state index in [0.717, 1.165) is 22.8 Å². The van der Waals surface area contributed by atoms with E-state index in [-0.39, 0.29) is 33.4 Å². The van der Waals surface area contributed by atoms with Crippen LogP contribution < -0.4 is 0 Å². The van der Waals surface area contributed by atoms with Crippen LogP contribution in [-0.2, 0) is 18.6 Å². The number of hydrogen-bond acceptors (Lipinski definition) is 4. The molecule has 2 aromatic heterocycles. The Morgan fingerprint density at radius 3 is 1.35 bits per heavy atom. The van der Waals surface area contributed by atoms with Crippen LogP contribution >= 0.6 is 0 Å². The number of rotatable bonds is 2. The Labute approximate surface area is 153 Å². The van der Waals surface area contributed by atoms with E-state index in [2.05, 4.69) is 20.0 Å². The molecular weight excluding hydrogens is 323 g/mol. The number of aliphatic imine (C=N–C) groups is 2. The monoisotopic (exact) mass is 349 g/mol. The van der Waals surface area contributed by atoms with E-state index in [1.165, 1.54) is 0 Å². The van der Waals surface area contributed by atoms with Gasteiger partial charge in [0.1, 0.15) is 0 Å². The average Bonchev–Trinajstić information content (AvgIpc) is 2.40. The molecule has 2 heterocycles. The Morgan fingerprint density at radius 2 is 1.09 bits per heavy atom. The molecule has 2 aromatic rings. The third-order valence-corrected chi connectivity index (χ3v) is 2.34. The van der Waals surface area contributed by atoms with Crippen LogP contribution in [0.4, 0.5) is 0 Å². The molecule has 0 bridgehead atoms. The Kier molecular flexibility index (Phi) is 17.2. The minimum atomic E-state index is 0. The number of aromatic nitrogens is 2. The zero-order valence-corrected chi connectivity index (χ0v) is 16.3. The minimum absolute atomic E-state index is 0. The zero-order chi connectivity index (χ0) is 14.8. The van der Waals surface area contributed by atoms with E-state index in [1.54, 1.807) is 26.5 Å². The smallest absolute Gasteiger partial charge is 0.0810 e. The fraction of sp³-hybridized carbons (Fsp3) is 0.222. The van der Waals surface area contributed by atoms with Gasteiger partial charge >= 0.3 is 0 Å². The van der Waals surface area contributed by atoms with Gasteiger partial charge in [0, 0.05) is 56.5 Å². The fourth-order valence-electron chi connectivity index (χ4n) is 1.54. The molecule has 1 radical (unpaired) electrons. The second-order valence-corrected chi connectivity index (χ2v) is 4.18. The third-order valence-electron chi connectivity index (χ3n) is 2.34. The molecule has 0 spiro atoms. The molecule has 4 nitrogen and oxygen atoms in total. The van der Waals surface area contributed by atoms with Gasteiger partial charge in [-0.3, -0.25) is 20.0 Å². The van der Waals surface area contributed by atoms with Crippen LogP contribution in [0, 0.1) is 28.7 Å². The van der Waals surface area contributed by atoms with E-state index in [9.17, 15) is 0 Å². The molecule has 0 unspecified atom stereocenters. The first-order valence-corrected chi connectivity index (χ1v) is 6.37. The van der Waals surface area contributed by atoms with E-state index < -0.39 is 0 Å². The van der Waals surface area contributed by atoms with E-state index >= 15 is 0 Å². The molecule has 0 aliphatic rings. The predicted octanol–water partition coefficient (Wildman–Crippen LogP) is 3.78. The van der Waals surface area contributed by atoms with Gasteiger partial charge in [0.05, 0.1) is 11.4 Å². The molecule has 0 atom stereocenters. The first-order valence-electron chi connectivity index (χ1n) is 6.37. The standard InChI is InChI=1S/2C8H10N2.2CH3.V/c2*1-7-4-3-5-8(10-7)6-9-2;;;/h2*3-6H,1-2H3;2*1H3;/q;;2*-1;. The Balaban J connectivity index is -0.000000308. The Bertz CT molecular complexity index is 542. The number of nitrogens with zero attached hydrogens (tertiary/aromatic N) is 4. The van der Waals surface area contributed by atoms with Crippen LogP contribution in [0.1, 0.15) is 22.8 Å². The van der Waals surface area contributed by atoms with E-state index in [4.69, 9.17) is 0 Å². The summed E-state index contributed by atoms with van der Waals surface area (Å²) in [5.74, 6) is 0. The molecule has 23 heavy (non-hydrogen) atoms. The van der Waals surface area contributed by atoms with Gasteiger partial charge in [0.2, 0.25) is 0 Å². The molecule has 2 rings (SSSR count). The van der Waals surface area contributed by atoms with Gasteiger partial charge in [-0.15, -0.1) is 0 Å². The maximum Gasteiger partial charge on any atom is 0.0810 e. The van der Waals surface area contributed by atoms with Crippen molar-refractivity contribution in [1.82, 2.24) is 9.97 Å². The van der Waals surface area contributed by atoms with Gasteiger partial charge in [-0.25, -0.2) is 0 Å². The average molecular weight is 349 g/mol. The van der Waals surface area contributed by atoms with Crippen molar-refractivity contribution < 1.29 is 18.6 Å². The van der Waals surface area contributed by atoms with Gasteiger partial charge in [0.15, 0.2) is 0 Å². The molecule has 0 N–H and O–H groups in total. The first-order chi connectivity index (χ1) is 9.65. The minimum Gasteiger partial charge on any atom is -0.358 e. The van der Waals surface area contributed by atoms with Crippen LogP contribution in [0.15, 0.2) is 46.4 Å². The van der Waals surface area contributed by atoms with Gasteiger partial charge < -0.3 is 14.9 Å². The van der Waals surface area contributed by atoms with Crippen molar-refractivity contribution in [2.75, 3.05) is 14.1 Å². The van der Waals surface area contributed by atoms with Crippen molar-refractivity contribution in [3.05, 3.63) is 74.0 Å². The van der Waals surface area contributed by atoms with Crippen molar-refractivity contribution in [2.24, 2.45) is 9.98 Å². The molecule has 5 heteroatoms. The van der Waals surface area contributed by atoms with E-state index in [0.29, 0.717) is 0 Å². The first kappa shape index (κ1) is 26.1. The summed E-state index contributed by atoms with van der Waals surface area (Å²) in [6.45, 7) is 3.93. The summed E-state index contributed by atoms with van der Waals surface area (Å²) in [6.07, 6.45) is 3.49. The topological polar surface area (TPSA) is 50.5 Å². The predicted molar refractivity (Wildman–Crippen MR) is 97.8 cm³/mol. The van der Waals surface area contributed by atoms with Gasteiger partial charge in [-0.05, 0) is 38.1 Å². The molecule has 0 fully saturated rings. The SMILES string of the molecule is CN=Cc1cccc(C)n1.CN=Cc1cccc(C)n1.[CH3-].[CH3-].[V]. The number of aryl methyl sites for hydroxylation is 2. The molecule has 125 valence electrons. The summed E-state index contributed by atoms with van der Waals surface area (Å²) in [6, 6.07) is 11.7. The molecular formula is C18H26N4V-2. The summed E-state index contributed by atoms with van der Waals surface area (Å²) in [5, 5.41) is 0. The molecule has 0 saturated heterocycles. The normalized spacial score (nSPS) is 9.22. The largest absolute Gasteiger partial charge is 0.358 e. The van der Waals surface area contributed by atoms with Crippen molar-refractivity contribution in [2.45, 2.75) is 13.8 Å². The quantitative estimate of drug-likeness (QED) is 0.612. The second-order valence-electron chi connectivity index (χ2n) is 4.18. The van der Waals surface area contributed by atoms with Gasteiger partial charge in [0.25, 0.3) is 0 Å². The summed E-state index contributed by atoms with van der Waals surface area (Å²) in [5.41, 5.74) is 3.89. The van der Waals surface area contributed by atoms with Gasteiger partial charge in [-0.2, -0.15) is 0 Å². The van der Waals surface area contributed by atoms with Crippen LogP contribution in [0.3, 0.4) is 0 Å². The van der Waals surface area contributed by atoms with Crippen LogP contribution in [-0.4, -0.2) is 36.5 Å². The van der Waals surface area contributed by atoms with Crippen molar-refractivity contribution in [3.63, 3.8) is 0 Å². The fourth-order valence-corrected chi connectivity index (χ4v) is 1.54. The number of hydrogen-bond donors (Lipinski definition) is 0. The van der Waals surface area contributed by atoms with Crippen LogP contribution in [0.5, 0.6) is 0 Å². The van der Waals surface area contributed by atoms with Crippen LogP contribution in [0.2, 0.25) is 0 Å². The summed E-state index contributed by atoms with van der Waals surface area (Å²) in [7, 11) is 3.48. The molecule has 0 amide bonds. The van der Waals surface area contributed by atoms with Crippen molar-refractivity contribution >= 4 is 12.4 Å². The zero-order valence-electron chi connectivity index (χ0n) is 14.9. The summed E-state index contributed by atoms with van der Waals surface area (Å²) in [4.78, 5) is 16.1. The van der Waals surface area contributed by atoms with Crippen LogP contribution in [0.25, 0.3) is 0 Å². The Morgan fingerprint density at radius 1 is 0.739 bits per heavy atom. The summed E-state index contributed by atoms with van der Waals surface area (Å²) < 4.78 is 0. The molecule has 0 saturated carbocycles. The molecule has 0 aliphatic carbocycles. The van der Waals surface area contributed by atoms with Crippen molar-refractivity contribution in [3.8, 4) is 0 Å². The van der Waals surface area contributed by atoms with Gasteiger partial charge in [-0.1, -0.05) is 12.1 Å². The second kappa shape index (κ2) is 15.1. The van der Waals surface area contributed by atoms with Crippen molar-refractivity contribution in [1.29, 1.82) is 0 Å². The molecule has 0 aromatic carbocycles. The maximum absolute atomic E-state index is 4.21. The third kappa shape index (κ3) is 11.4. The number of pyridine rings is 2. The maximum atomic E-state index is 4.21. The molecule has 0 aliphatic heterocycles.